The van der Waals surface area contributed by atoms with Crippen molar-refractivity contribution in [2.45, 2.75) is 26.2 Å². The number of carbonyl (C=O) groups is 1. The Morgan fingerprint density at radius 3 is 2.62 bits per heavy atom. The van der Waals surface area contributed by atoms with E-state index in [2.05, 4.69) is 10.6 Å². The van der Waals surface area contributed by atoms with Gasteiger partial charge in [0.1, 0.15) is 0 Å². The first kappa shape index (κ1) is 17.6. The van der Waals surface area contributed by atoms with Crippen molar-refractivity contribution in [1.82, 2.24) is 9.88 Å². The lowest BCUT2D eigenvalue weighted by molar-refractivity contribution is -0.137. The van der Waals surface area contributed by atoms with E-state index in [0.717, 1.165) is 12.1 Å². The predicted molar refractivity (Wildman–Crippen MR) is 83.7 cm³/mol. The number of aromatic nitrogens is 1. The molecule has 0 aliphatic carbocycles. The number of nitrogens with one attached hydrogen (secondary N) is 2. The summed E-state index contributed by atoms with van der Waals surface area (Å²) >= 11 is 0. The fourth-order valence-electron chi connectivity index (χ4n) is 2.07. The monoisotopic (exact) mass is 339 g/mol. The first-order valence-corrected chi connectivity index (χ1v) is 7.21. The van der Waals surface area contributed by atoms with Crippen LogP contribution in [0.3, 0.4) is 0 Å². The largest absolute Gasteiger partial charge is 0.416 e. The van der Waals surface area contributed by atoms with Crippen molar-refractivity contribution in [3.8, 4) is 0 Å². The van der Waals surface area contributed by atoms with Gasteiger partial charge in [0, 0.05) is 25.4 Å². The molecule has 0 bridgehead atoms. The van der Waals surface area contributed by atoms with Gasteiger partial charge in [-0.3, -0.25) is 4.79 Å². The summed E-state index contributed by atoms with van der Waals surface area (Å²) in [6, 6.07) is 6.94. The molecule has 0 spiro atoms. The number of halogens is 3. The van der Waals surface area contributed by atoms with Gasteiger partial charge in [0.2, 0.25) is 0 Å². The lowest BCUT2D eigenvalue weighted by Gasteiger charge is -2.11. The van der Waals surface area contributed by atoms with E-state index in [1.165, 1.54) is 35.0 Å². The van der Waals surface area contributed by atoms with E-state index < -0.39 is 17.8 Å². The zero-order chi connectivity index (χ0) is 17.7. The molecule has 0 aliphatic rings. The molecule has 1 heterocycles. The van der Waals surface area contributed by atoms with Crippen LogP contribution in [0.5, 0.6) is 0 Å². The molecule has 0 saturated carbocycles. The minimum Gasteiger partial charge on any atom is -0.334 e. The highest BCUT2D eigenvalue weighted by Crippen LogP contribution is 2.29. The maximum atomic E-state index is 12.6. The molecule has 128 valence electrons. The maximum absolute atomic E-state index is 12.6. The third kappa shape index (κ3) is 4.61. The molecule has 8 heteroatoms. The van der Waals surface area contributed by atoms with E-state index in [1.807, 2.05) is 0 Å². The molecule has 0 saturated heterocycles. The molecule has 2 amide bonds. The number of amides is 2. The molecule has 5 nitrogen and oxygen atoms in total. The molecule has 1 aromatic heterocycles. The number of rotatable bonds is 4. The van der Waals surface area contributed by atoms with Crippen molar-refractivity contribution >= 4 is 11.7 Å². The second kappa shape index (κ2) is 7.20. The first-order chi connectivity index (χ1) is 11.3. The van der Waals surface area contributed by atoms with Gasteiger partial charge >= 0.3 is 12.2 Å². The lowest BCUT2D eigenvalue weighted by atomic mass is 10.1. The minimum absolute atomic E-state index is 0.0524. The number of pyridine rings is 1. The highest BCUT2D eigenvalue weighted by molar-refractivity contribution is 5.88. The molecular weight excluding hydrogens is 323 g/mol. The first-order valence-electron chi connectivity index (χ1n) is 7.21. The molecule has 2 aromatic rings. The van der Waals surface area contributed by atoms with Gasteiger partial charge in [-0.05, 0) is 30.7 Å². The fraction of sp³-hybridized carbons (Fsp3) is 0.250. The standard InChI is InChI=1S/C16H16F3N3O2/c1-2-22-10-13(6-7-14(22)23)21-15(24)20-9-11-4-3-5-12(8-11)16(17,18)19/h3-8,10H,2,9H2,1H3,(H2,20,21,24). The van der Waals surface area contributed by atoms with Crippen LogP contribution < -0.4 is 16.2 Å². The number of aryl methyl sites for hydroxylation is 1. The van der Waals surface area contributed by atoms with E-state index in [0.29, 0.717) is 17.8 Å². The molecule has 0 aliphatic heterocycles. The second-order valence-electron chi connectivity index (χ2n) is 5.05. The summed E-state index contributed by atoms with van der Waals surface area (Å²) < 4.78 is 39.3. The summed E-state index contributed by atoms with van der Waals surface area (Å²) in [4.78, 5) is 23.3. The molecule has 0 atom stereocenters. The summed E-state index contributed by atoms with van der Waals surface area (Å²) in [5, 5.41) is 5.00. The highest BCUT2D eigenvalue weighted by Gasteiger charge is 2.30. The predicted octanol–water partition coefficient (Wildman–Crippen LogP) is 3.21. The van der Waals surface area contributed by atoms with Crippen LogP contribution in [0.2, 0.25) is 0 Å². The Morgan fingerprint density at radius 1 is 1.21 bits per heavy atom. The third-order valence-electron chi connectivity index (χ3n) is 3.29. The summed E-state index contributed by atoms with van der Waals surface area (Å²) in [5.74, 6) is 0. The molecular formula is C16H16F3N3O2. The molecule has 24 heavy (non-hydrogen) atoms. The van der Waals surface area contributed by atoms with E-state index in [1.54, 1.807) is 6.92 Å². The lowest BCUT2D eigenvalue weighted by Crippen LogP contribution is -2.29. The zero-order valence-corrected chi connectivity index (χ0v) is 12.9. The number of hydrogen-bond donors (Lipinski definition) is 2. The van der Waals surface area contributed by atoms with E-state index in [9.17, 15) is 22.8 Å². The second-order valence-corrected chi connectivity index (χ2v) is 5.05. The summed E-state index contributed by atoms with van der Waals surface area (Å²) in [6.45, 7) is 2.20. The van der Waals surface area contributed by atoms with Crippen LogP contribution in [-0.2, 0) is 19.3 Å². The van der Waals surface area contributed by atoms with Crippen LogP contribution in [0, 0.1) is 0 Å². The minimum atomic E-state index is -4.42. The van der Waals surface area contributed by atoms with Crippen molar-refractivity contribution in [2.75, 3.05) is 5.32 Å². The number of anilines is 1. The molecule has 1 aromatic carbocycles. The van der Waals surface area contributed by atoms with E-state index >= 15 is 0 Å². The van der Waals surface area contributed by atoms with Gasteiger partial charge in [-0.2, -0.15) is 13.2 Å². The van der Waals surface area contributed by atoms with Crippen LogP contribution in [-0.4, -0.2) is 10.6 Å². The smallest absolute Gasteiger partial charge is 0.334 e. The normalized spacial score (nSPS) is 11.2. The molecule has 0 radical (unpaired) electrons. The number of benzene rings is 1. The topological polar surface area (TPSA) is 63.1 Å². The van der Waals surface area contributed by atoms with Crippen LogP contribution in [0.4, 0.5) is 23.7 Å². The van der Waals surface area contributed by atoms with E-state index in [4.69, 9.17) is 0 Å². The van der Waals surface area contributed by atoms with E-state index in [-0.39, 0.29) is 12.1 Å². The van der Waals surface area contributed by atoms with Crippen molar-refractivity contribution in [3.05, 3.63) is 64.1 Å². The molecule has 0 unspecified atom stereocenters. The average Bonchev–Trinajstić information content (AvgIpc) is 2.54. The Balaban J connectivity index is 1.98. The Kier molecular flexibility index (Phi) is 5.28. The summed E-state index contributed by atoms with van der Waals surface area (Å²) in [6.07, 6.45) is -2.93. The Bertz CT molecular complexity index is 785. The number of carbonyl (C=O) groups excluding carboxylic acids is 1. The number of urea groups is 1. The quantitative estimate of drug-likeness (QED) is 0.898. The average molecular weight is 339 g/mol. The Labute approximate surface area is 136 Å². The van der Waals surface area contributed by atoms with Crippen LogP contribution in [0.15, 0.2) is 47.4 Å². The third-order valence-corrected chi connectivity index (χ3v) is 3.29. The van der Waals surface area contributed by atoms with Crippen molar-refractivity contribution in [2.24, 2.45) is 0 Å². The maximum Gasteiger partial charge on any atom is 0.416 e. The summed E-state index contributed by atoms with van der Waals surface area (Å²) in [7, 11) is 0. The summed E-state index contributed by atoms with van der Waals surface area (Å²) in [5.41, 5.74) is -0.207. The number of alkyl halides is 3. The molecule has 2 N–H and O–H groups in total. The highest BCUT2D eigenvalue weighted by atomic mass is 19.4. The van der Waals surface area contributed by atoms with Gasteiger partial charge in [0.05, 0.1) is 11.3 Å². The molecule has 2 rings (SSSR count). The zero-order valence-electron chi connectivity index (χ0n) is 12.9. The van der Waals surface area contributed by atoms with Gasteiger partial charge in [0.25, 0.3) is 5.56 Å². The van der Waals surface area contributed by atoms with Gasteiger partial charge < -0.3 is 15.2 Å². The fourth-order valence-corrected chi connectivity index (χ4v) is 2.07. The van der Waals surface area contributed by atoms with Crippen LogP contribution in [0.1, 0.15) is 18.1 Å². The van der Waals surface area contributed by atoms with Crippen molar-refractivity contribution in [1.29, 1.82) is 0 Å². The number of hydrogen-bond acceptors (Lipinski definition) is 2. The van der Waals surface area contributed by atoms with Crippen molar-refractivity contribution < 1.29 is 18.0 Å². The van der Waals surface area contributed by atoms with Gasteiger partial charge in [-0.25, -0.2) is 4.79 Å². The van der Waals surface area contributed by atoms with Gasteiger partial charge in [-0.15, -0.1) is 0 Å². The Morgan fingerprint density at radius 2 is 1.96 bits per heavy atom. The number of nitrogens with zero attached hydrogens (tertiary/aromatic N) is 1. The van der Waals surface area contributed by atoms with Crippen LogP contribution in [0.25, 0.3) is 0 Å². The van der Waals surface area contributed by atoms with Gasteiger partial charge in [-0.1, -0.05) is 12.1 Å². The van der Waals surface area contributed by atoms with Crippen LogP contribution >= 0.6 is 0 Å². The molecule has 0 fully saturated rings. The SMILES string of the molecule is CCn1cc(NC(=O)NCc2cccc(C(F)(F)F)c2)ccc1=O. The Hall–Kier alpha value is -2.77. The van der Waals surface area contributed by atoms with Gasteiger partial charge in [0.15, 0.2) is 0 Å². The van der Waals surface area contributed by atoms with Crippen molar-refractivity contribution in [3.63, 3.8) is 0 Å².